The molecule has 0 amide bonds. The second-order valence-corrected chi connectivity index (χ2v) is 3.86. The lowest BCUT2D eigenvalue weighted by Crippen LogP contribution is -2.42. The van der Waals surface area contributed by atoms with E-state index in [9.17, 15) is 14.7 Å². The lowest BCUT2D eigenvalue weighted by Gasteiger charge is -2.17. The van der Waals surface area contributed by atoms with Gasteiger partial charge in [0.2, 0.25) is 0 Å². The van der Waals surface area contributed by atoms with Gasteiger partial charge in [0.05, 0.1) is 12.7 Å². The molecule has 0 aliphatic rings. The molecular formula is C12H15NO6. The molecule has 0 saturated heterocycles. The van der Waals surface area contributed by atoms with E-state index in [1.807, 2.05) is 0 Å². The van der Waals surface area contributed by atoms with Crippen LogP contribution in [0.25, 0.3) is 0 Å². The Morgan fingerprint density at radius 1 is 1.37 bits per heavy atom. The number of hydrogen-bond donors (Lipinski definition) is 3. The van der Waals surface area contributed by atoms with Gasteiger partial charge in [-0.25, -0.2) is 4.79 Å². The van der Waals surface area contributed by atoms with Crippen molar-refractivity contribution in [1.82, 2.24) is 0 Å². The minimum Gasteiger partial charge on any atom is -0.504 e. The summed E-state index contributed by atoms with van der Waals surface area (Å²) in [5, 5.41) is 18.1. The largest absolute Gasteiger partial charge is 0.504 e. The lowest BCUT2D eigenvalue weighted by atomic mass is 10.2. The number of esters is 1. The molecule has 104 valence electrons. The fourth-order valence-electron chi connectivity index (χ4n) is 1.32. The van der Waals surface area contributed by atoms with E-state index in [1.165, 1.54) is 32.2 Å². The van der Waals surface area contributed by atoms with Gasteiger partial charge in [0.25, 0.3) is 0 Å². The van der Waals surface area contributed by atoms with Crippen molar-refractivity contribution in [2.24, 2.45) is 5.73 Å². The summed E-state index contributed by atoms with van der Waals surface area (Å²) < 4.78 is 9.77. The van der Waals surface area contributed by atoms with E-state index in [0.717, 1.165) is 0 Å². The summed E-state index contributed by atoms with van der Waals surface area (Å²) in [5.41, 5.74) is 5.45. The van der Waals surface area contributed by atoms with Gasteiger partial charge in [-0.05, 0) is 25.1 Å². The number of methoxy groups -OCH3 is 1. The van der Waals surface area contributed by atoms with Crippen molar-refractivity contribution >= 4 is 11.9 Å². The van der Waals surface area contributed by atoms with Crippen molar-refractivity contribution in [1.29, 1.82) is 0 Å². The minimum atomic E-state index is -1.30. The number of ether oxygens (including phenoxy) is 2. The molecule has 0 aromatic heterocycles. The monoisotopic (exact) mass is 269 g/mol. The number of hydrogen-bond acceptors (Lipinski definition) is 6. The lowest BCUT2D eigenvalue weighted by molar-refractivity contribution is -0.140. The highest BCUT2D eigenvalue weighted by Crippen LogP contribution is 2.26. The van der Waals surface area contributed by atoms with Gasteiger partial charge in [0.15, 0.2) is 11.5 Å². The Balaban J connectivity index is 2.81. The zero-order valence-electron chi connectivity index (χ0n) is 10.5. The van der Waals surface area contributed by atoms with Crippen LogP contribution in [-0.4, -0.2) is 41.4 Å². The summed E-state index contributed by atoms with van der Waals surface area (Å²) in [6.07, 6.45) is -0.982. The van der Waals surface area contributed by atoms with E-state index in [-0.39, 0.29) is 17.1 Å². The molecule has 0 bridgehead atoms. The van der Waals surface area contributed by atoms with Crippen LogP contribution in [0.3, 0.4) is 0 Å². The summed E-state index contributed by atoms with van der Waals surface area (Å²) in [4.78, 5) is 22.4. The highest BCUT2D eigenvalue weighted by Gasteiger charge is 2.24. The number of carbonyl (C=O) groups is 2. The number of benzene rings is 1. The predicted octanol–water partition coefficient (Wildman–Crippen LogP) is 0.358. The normalized spacial score (nSPS) is 13.4. The molecule has 1 aromatic carbocycles. The fourth-order valence-corrected chi connectivity index (χ4v) is 1.32. The second kappa shape index (κ2) is 6.05. The van der Waals surface area contributed by atoms with E-state index in [2.05, 4.69) is 0 Å². The van der Waals surface area contributed by atoms with E-state index >= 15 is 0 Å². The molecule has 0 unspecified atom stereocenters. The number of carboxylic acid groups (broad SMARTS) is 1. The van der Waals surface area contributed by atoms with Crippen LogP contribution in [0.15, 0.2) is 18.2 Å². The number of carbonyl (C=O) groups excluding carboxylic acids is 1. The highest BCUT2D eigenvalue weighted by molar-refractivity contribution is 5.90. The van der Waals surface area contributed by atoms with Gasteiger partial charge >= 0.3 is 11.9 Å². The number of rotatable bonds is 5. The van der Waals surface area contributed by atoms with Crippen molar-refractivity contribution in [3.63, 3.8) is 0 Å². The van der Waals surface area contributed by atoms with Gasteiger partial charge in [-0.3, -0.25) is 4.79 Å². The molecule has 7 heteroatoms. The van der Waals surface area contributed by atoms with Gasteiger partial charge < -0.3 is 25.4 Å². The maximum Gasteiger partial charge on any atom is 0.338 e. The summed E-state index contributed by atoms with van der Waals surface area (Å²) in [7, 11) is 1.34. The van der Waals surface area contributed by atoms with Crippen LogP contribution in [0.5, 0.6) is 11.5 Å². The van der Waals surface area contributed by atoms with Crippen molar-refractivity contribution in [2.75, 3.05) is 7.11 Å². The van der Waals surface area contributed by atoms with E-state index in [0.29, 0.717) is 0 Å². The van der Waals surface area contributed by atoms with Crippen molar-refractivity contribution in [3.05, 3.63) is 23.8 Å². The van der Waals surface area contributed by atoms with Crippen LogP contribution in [-0.2, 0) is 9.53 Å². The zero-order valence-corrected chi connectivity index (χ0v) is 10.5. The van der Waals surface area contributed by atoms with Crippen LogP contribution in [0.1, 0.15) is 17.3 Å². The molecule has 1 rings (SSSR count). The van der Waals surface area contributed by atoms with Crippen molar-refractivity contribution in [3.8, 4) is 11.5 Å². The third-order valence-electron chi connectivity index (χ3n) is 2.50. The molecule has 0 fully saturated rings. The van der Waals surface area contributed by atoms with Crippen LogP contribution in [0.4, 0.5) is 0 Å². The van der Waals surface area contributed by atoms with Crippen LogP contribution in [0.2, 0.25) is 0 Å². The smallest absolute Gasteiger partial charge is 0.338 e. The van der Waals surface area contributed by atoms with Crippen LogP contribution in [0, 0.1) is 0 Å². The van der Waals surface area contributed by atoms with Gasteiger partial charge in [0, 0.05) is 0 Å². The van der Waals surface area contributed by atoms with Crippen LogP contribution < -0.4 is 10.5 Å². The molecule has 19 heavy (non-hydrogen) atoms. The quantitative estimate of drug-likeness (QED) is 0.660. The number of phenolic OH excluding ortho intramolecular Hbond substituents is 1. The predicted molar refractivity (Wildman–Crippen MR) is 65.1 cm³/mol. The van der Waals surface area contributed by atoms with E-state index < -0.39 is 24.1 Å². The Morgan fingerprint density at radius 3 is 2.53 bits per heavy atom. The third-order valence-corrected chi connectivity index (χ3v) is 2.50. The summed E-state index contributed by atoms with van der Waals surface area (Å²) in [5.74, 6) is -2.01. The van der Waals surface area contributed by atoms with Gasteiger partial charge in [-0.1, -0.05) is 0 Å². The van der Waals surface area contributed by atoms with E-state index in [4.69, 9.17) is 20.3 Å². The molecule has 0 heterocycles. The second-order valence-electron chi connectivity index (χ2n) is 3.86. The molecule has 1 aromatic rings. The molecule has 0 aliphatic carbocycles. The van der Waals surface area contributed by atoms with Gasteiger partial charge in [-0.2, -0.15) is 0 Å². The molecule has 0 aliphatic heterocycles. The number of nitrogens with two attached hydrogens (primary N) is 1. The molecule has 0 saturated carbocycles. The standard InChI is InChI=1S/C12H15NO6/c1-6(10(13)11(15)16)19-12(17)7-3-4-8(14)9(5-7)18-2/h3-6,10,14H,13H2,1-2H3,(H,15,16)/t6-,10+/m1/s1. The summed E-state index contributed by atoms with van der Waals surface area (Å²) in [6, 6.07) is 2.59. The Kier molecular flexibility index (Phi) is 4.71. The maximum atomic E-state index is 11.8. The molecule has 4 N–H and O–H groups in total. The third kappa shape index (κ3) is 3.59. The number of carboxylic acids is 1. The van der Waals surface area contributed by atoms with Gasteiger partial charge in [-0.15, -0.1) is 0 Å². The first-order valence-electron chi connectivity index (χ1n) is 5.43. The highest BCUT2D eigenvalue weighted by atomic mass is 16.5. The molecule has 7 nitrogen and oxygen atoms in total. The average Bonchev–Trinajstić information content (AvgIpc) is 2.37. The zero-order chi connectivity index (χ0) is 14.6. The molecule has 0 radical (unpaired) electrons. The molecule has 0 spiro atoms. The topological polar surface area (TPSA) is 119 Å². The Morgan fingerprint density at radius 2 is 2.00 bits per heavy atom. The fraction of sp³-hybridized carbons (Fsp3) is 0.333. The first-order chi connectivity index (χ1) is 8.86. The first kappa shape index (κ1) is 14.8. The molecular weight excluding hydrogens is 254 g/mol. The SMILES string of the molecule is COc1cc(C(=O)O[C@H](C)[C@H](N)C(=O)O)ccc1O. The minimum absolute atomic E-state index is 0.115. The molecule has 2 atom stereocenters. The number of phenols is 1. The number of aromatic hydroxyl groups is 1. The van der Waals surface area contributed by atoms with E-state index in [1.54, 1.807) is 0 Å². The van der Waals surface area contributed by atoms with Crippen LogP contribution >= 0.6 is 0 Å². The number of aliphatic carboxylic acids is 1. The average molecular weight is 269 g/mol. The summed E-state index contributed by atoms with van der Waals surface area (Å²) in [6.45, 7) is 1.38. The van der Waals surface area contributed by atoms with Crippen molar-refractivity contribution < 1.29 is 29.3 Å². The first-order valence-corrected chi connectivity index (χ1v) is 5.43. The Hall–Kier alpha value is -2.28. The maximum absolute atomic E-state index is 11.8. The summed E-state index contributed by atoms with van der Waals surface area (Å²) >= 11 is 0. The van der Waals surface area contributed by atoms with Crippen molar-refractivity contribution in [2.45, 2.75) is 19.1 Å². The Labute approximate surface area is 109 Å². The Bertz CT molecular complexity index is 487. The van der Waals surface area contributed by atoms with Gasteiger partial charge in [0.1, 0.15) is 12.1 Å².